The summed E-state index contributed by atoms with van der Waals surface area (Å²) in [5, 5.41) is 1.02. The third kappa shape index (κ3) is 2.63. The fraction of sp³-hybridized carbons (Fsp3) is 0.400. The van der Waals surface area contributed by atoms with Crippen LogP contribution in [0.15, 0.2) is 29.1 Å². The van der Waals surface area contributed by atoms with Gasteiger partial charge in [0.2, 0.25) is 0 Å². The number of rotatable bonds is 3. The molecule has 0 spiro atoms. The topological polar surface area (TPSA) is 57.2 Å². The smallest absolute Gasteiger partial charge is 0.251 e. The molecule has 0 amide bonds. The van der Waals surface area contributed by atoms with Crippen LogP contribution in [0.2, 0.25) is 0 Å². The van der Waals surface area contributed by atoms with Crippen LogP contribution in [0.5, 0.6) is 5.75 Å². The van der Waals surface area contributed by atoms with Crippen molar-refractivity contribution in [2.75, 3.05) is 7.11 Å². The maximum absolute atomic E-state index is 12.3. The first-order chi connectivity index (χ1) is 8.83. The second-order valence-electron chi connectivity index (χ2n) is 5.60. The molecule has 102 valence electrons. The van der Waals surface area contributed by atoms with E-state index in [1.54, 1.807) is 17.7 Å². The zero-order chi connectivity index (χ0) is 14.2. The Morgan fingerprint density at radius 2 is 2.05 bits per heavy atom. The summed E-state index contributed by atoms with van der Waals surface area (Å²) in [6.45, 7) is 6.19. The molecule has 0 saturated carbocycles. The fourth-order valence-corrected chi connectivity index (χ4v) is 2.30. The number of para-hydroxylation sites is 1. The average molecular weight is 260 g/mol. The second-order valence-corrected chi connectivity index (χ2v) is 5.60. The van der Waals surface area contributed by atoms with Gasteiger partial charge in [-0.1, -0.05) is 12.1 Å². The van der Waals surface area contributed by atoms with Crippen molar-refractivity contribution in [3.8, 4) is 5.75 Å². The number of aryl methyl sites for hydroxylation is 1. The Bertz CT molecular complexity index is 666. The third-order valence-electron chi connectivity index (χ3n) is 3.09. The van der Waals surface area contributed by atoms with Crippen molar-refractivity contribution in [1.29, 1.82) is 0 Å². The molecule has 4 nitrogen and oxygen atoms in total. The van der Waals surface area contributed by atoms with Crippen molar-refractivity contribution < 1.29 is 4.74 Å². The first-order valence-corrected chi connectivity index (χ1v) is 6.29. The number of hydrogen-bond donors (Lipinski definition) is 1. The molecular formula is C15H20N2O2. The minimum atomic E-state index is -0.465. The van der Waals surface area contributed by atoms with Crippen molar-refractivity contribution in [2.24, 2.45) is 5.73 Å². The molecule has 0 saturated heterocycles. The summed E-state index contributed by atoms with van der Waals surface area (Å²) in [5.74, 6) is 0.697. The van der Waals surface area contributed by atoms with Gasteiger partial charge in [-0.25, -0.2) is 0 Å². The minimum absolute atomic E-state index is 0.0481. The third-order valence-corrected chi connectivity index (χ3v) is 3.09. The second kappa shape index (κ2) is 4.70. The van der Waals surface area contributed by atoms with Gasteiger partial charge in [0, 0.05) is 23.5 Å². The van der Waals surface area contributed by atoms with Gasteiger partial charge in [-0.2, -0.15) is 0 Å². The van der Waals surface area contributed by atoms with Gasteiger partial charge in [0.25, 0.3) is 5.56 Å². The van der Waals surface area contributed by atoms with E-state index in [-0.39, 0.29) is 5.56 Å². The maximum atomic E-state index is 12.3. The van der Waals surface area contributed by atoms with Crippen LogP contribution in [0.4, 0.5) is 0 Å². The quantitative estimate of drug-likeness (QED) is 0.919. The minimum Gasteiger partial charge on any atom is -0.495 e. The van der Waals surface area contributed by atoms with E-state index in [1.165, 1.54) is 0 Å². The molecule has 1 aromatic carbocycles. The number of ether oxygens (including phenoxy) is 1. The van der Waals surface area contributed by atoms with E-state index in [1.807, 2.05) is 39.0 Å². The van der Waals surface area contributed by atoms with E-state index in [4.69, 9.17) is 10.5 Å². The lowest BCUT2D eigenvalue weighted by atomic mass is 10.1. The number of aromatic nitrogens is 1. The number of benzene rings is 1. The number of fused-ring (bicyclic) bond motifs is 1. The Hall–Kier alpha value is -1.81. The summed E-state index contributed by atoms with van der Waals surface area (Å²) < 4.78 is 7.09. The Kier molecular flexibility index (Phi) is 3.37. The van der Waals surface area contributed by atoms with E-state index < -0.39 is 5.54 Å². The lowest BCUT2D eigenvalue weighted by Gasteiger charge is -2.22. The number of nitrogens with zero attached hydrogens (tertiary/aromatic N) is 1. The molecule has 0 bridgehead atoms. The van der Waals surface area contributed by atoms with Crippen LogP contribution in [-0.4, -0.2) is 17.2 Å². The van der Waals surface area contributed by atoms with Gasteiger partial charge < -0.3 is 15.0 Å². The molecule has 19 heavy (non-hydrogen) atoms. The normalized spacial score (nSPS) is 11.8. The highest BCUT2D eigenvalue weighted by Crippen LogP contribution is 2.26. The summed E-state index contributed by atoms with van der Waals surface area (Å²) >= 11 is 0. The van der Waals surface area contributed by atoms with Gasteiger partial charge in [0.1, 0.15) is 5.75 Å². The molecule has 4 heteroatoms. The zero-order valence-corrected chi connectivity index (χ0v) is 11.9. The number of pyridine rings is 1. The molecule has 2 aromatic rings. The standard InChI is InChI=1S/C15H20N2O2/c1-10-8-13(18)17(9-15(2,3)16)14-11(10)6-5-7-12(14)19-4/h5-8H,9,16H2,1-4H3. The molecule has 0 aliphatic rings. The van der Waals surface area contributed by atoms with E-state index in [9.17, 15) is 4.79 Å². The van der Waals surface area contributed by atoms with Crippen LogP contribution in [0.1, 0.15) is 19.4 Å². The van der Waals surface area contributed by atoms with Crippen molar-refractivity contribution in [1.82, 2.24) is 4.57 Å². The Labute approximate surface area is 112 Å². The van der Waals surface area contributed by atoms with Crippen molar-refractivity contribution in [3.63, 3.8) is 0 Å². The van der Waals surface area contributed by atoms with Gasteiger partial charge in [0.15, 0.2) is 0 Å². The predicted octanol–water partition coefficient (Wildman–Crippen LogP) is 2.06. The summed E-state index contributed by atoms with van der Waals surface area (Å²) in [5.41, 5.74) is 7.31. The van der Waals surface area contributed by atoms with Crippen LogP contribution >= 0.6 is 0 Å². The van der Waals surface area contributed by atoms with Crippen LogP contribution in [-0.2, 0) is 6.54 Å². The molecule has 0 aliphatic heterocycles. The molecule has 1 aromatic heterocycles. The lowest BCUT2D eigenvalue weighted by Crippen LogP contribution is -2.40. The van der Waals surface area contributed by atoms with Crippen molar-refractivity contribution in [2.45, 2.75) is 32.9 Å². The highest BCUT2D eigenvalue weighted by molar-refractivity contribution is 5.87. The van der Waals surface area contributed by atoms with Gasteiger partial charge in [-0.3, -0.25) is 4.79 Å². The molecule has 0 fully saturated rings. The number of hydrogen-bond acceptors (Lipinski definition) is 3. The molecule has 0 unspecified atom stereocenters. The Balaban J connectivity index is 2.85. The Morgan fingerprint density at radius 3 is 2.63 bits per heavy atom. The summed E-state index contributed by atoms with van der Waals surface area (Å²) in [7, 11) is 1.61. The van der Waals surface area contributed by atoms with Crippen molar-refractivity contribution >= 4 is 10.9 Å². The van der Waals surface area contributed by atoms with E-state index in [0.29, 0.717) is 12.3 Å². The van der Waals surface area contributed by atoms with E-state index >= 15 is 0 Å². The molecule has 0 atom stereocenters. The van der Waals surface area contributed by atoms with Crippen LogP contribution in [0.25, 0.3) is 10.9 Å². The first-order valence-electron chi connectivity index (χ1n) is 6.29. The van der Waals surface area contributed by atoms with Gasteiger partial charge in [-0.15, -0.1) is 0 Å². The monoisotopic (exact) mass is 260 g/mol. The van der Waals surface area contributed by atoms with Gasteiger partial charge >= 0.3 is 0 Å². The fourth-order valence-electron chi connectivity index (χ4n) is 2.30. The number of methoxy groups -OCH3 is 1. The van der Waals surface area contributed by atoms with Crippen LogP contribution in [0.3, 0.4) is 0 Å². The molecule has 2 N–H and O–H groups in total. The van der Waals surface area contributed by atoms with Gasteiger partial charge in [0.05, 0.1) is 12.6 Å². The van der Waals surface area contributed by atoms with Gasteiger partial charge in [-0.05, 0) is 32.4 Å². The highest BCUT2D eigenvalue weighted by atomic mass is 16.5. The molecular weight excluding hydrogens is 240 g/mol. The summed E-state index contributed by atoms with van der Waals surface area (Å²) in [4.78, 5) is 12.3. The summed E-state index contributed by atoms with van der Waals surface area (Å²) in [6.07, 6.45) is 0. The Morgan fingerprint density at radius 1 is 1.37 bits per heavy atom. The van der Waals surface area contributed by atoms with Crippen LogP contribution < -0.4 is 16.0 Å². The van der Waals surface area contributed by atoms with Crippen molar-refractivity contribution in [3.05, 3.63) is 40.2 Å². The predicted molar refractivity (Wildman–Crippen MR) is 77.8 cm³/mol. The number of nitrogens with two attached hydrogens (primary N) is 1. The van der Waals surface area contributed by atoms with E-state index in [2.05, 4.69) is 0 Å². The average Bonchev–Trinajstić information content (AvgIpc) is 2.32. The largest absolute Gasteiger partial charge is 0.495 e. The summed E-state index contributed by atoms with van der Waals surface area (Å²) in [6, 6.07) is 7.43. The molecule has 0 radical (unpaired) electrons. The molecule has 1 heterocycles. The lowest BCUT2D eigenvalue weighted by molar-refractivity contribution is 0.406. The highest BCUT2D eigenvalue weighted by Gasteiger charge is 2.17. The first kappa shape index (κ1) is 13.6. The zero-order valence-electron chi connectivity index (χ0n) is 11.9. The SMILES string of the molecule is COc1cccc2c(C)cc(=O)n(CC(C)(C)N)c12. The van der Waals surface area contributed by atoms with E-state index in [0.717, 1.165) is 16.5 Å². The van der Waals surface area contributed by atoms with Crippen LogP contribution in [0, 0.1) is 6.92 Å². The maximum Gasteiger partial charge on any atom is 0.251 e. The molecule has 0 aliphatic carbocycles. The molecule has 2 rings (SSSR count).